The monoisotopic (exact) mass is 292 g/mol. The van der Waals surface area contributed by atoms with Crippen molar-refractivity contribution >= 4 is 16.8 Å². The second-order valence-corrected chi connectivity index (χ2v) is 4.63. The zero-order valence-corrected chi connectivity index (χ0v) is 11.8. The van der Waals surface area contributed by atoms with Crippen LogP contribution in [0.3, 0.4) is 0 Å². The second kappa shape index (κ2) is 5.88. The summed E-state index contributed by atoms with van der Waals surface area (Å²) >= 11 is 5.33. The number of hydrogen-bond acceptors (Lipinski definition) is 4. The summed E-state index contributed by atoms with van der Waals surface area (Å²) in [6.07, 6.45) is -0.199. The van der Waals surface area contributed by atoms with Crippen LogP contribution in [0.25, 0.3) is 5.69 Å². The molecule has 1 aromatic heterocycles. The Hall–Kier alpha value is -2.14. The van der Waals surface area contributed by atoms with Crippen LogP contribution in [-0.2, 0) is 11.2 Å². The van der Waals surface area contributed by atoms with Gasteiger partial charge in [0.2, 0.25) is 10.7 Å². The predicted molar refractivity (Wildman–Crippen MR) is 75.7 cm³/mol. The van der Waals surface area contributed by atoms with Gasteiger partial charge in [-0.3, -0.25) is 9.59 Å². The zero-order chi connectivity index (χ0) is 14.7. The van der Waals surface area contributed by atoms with Crippen LogP contribution in [0.2, 0.25) is 0 Å². The van der Waals surface area contributed by atoms with Crippen LogP contribution in [0.4, 0.5) is 0 Å². The molecule has 0 N–H and O–H groups in total. The SMILES string of the molecule is COc1ccccc1-n1nc(CC(=O)Cl)c(=O)cc1C. The van der Waals surface area contributed by atoms with Gasteiger partial charge in [-0.25, -0.2) is 4.68 Å². The molecule has 0 saturated carbocycles. The molecule has 20 heavy (non-hydrogen) atoms. The predicted octanol–water partition coefficient (Wildman–Crippen LogP) is 1.86. The van der Waals surface area contributed by atoms with Crippen molar-refractivity contribution < 1.29 is 9.53 Å². The van der Waals surface area contributed by atoms with Crippen LogP contribution in [0.1, 0.15) is 11.4 Å². The van der Waals surface area contributed by atoms with Crippen LogP contribution in [0.5, 0.6) is 5.75 Å². The molecule has 0 atom stereocenters. The zero-order valence-electron chi connectivity index (χ0n) is 11.1. The summed E-state index contributed by atoms with van der Waals surface area (Å²) in [6, 6.07) is 8.71. The van der Waals surface area contributed by atoms with Gasteiger partial charge >= 0.3 is 0 Å². The molecule has 0 spiro atoms. The number of aromatic nitrogens is 2. The van der Waals surface area contributed by atoms with E-state index >= 15 is 0 Å². The van der Waals surface area contributed by atoms with E-state index in [1.165, 1.54) is 6.07 Å². The maximum atomic E-state index is 11.8. The van der Waals surface area contributed by atoms with Gasteiger partial charge in [0.05, 0.1) is 13.5 Å². The molecule has 5 nitrogen and oxygen atoms in total. The number of rotatable bonds is 4. The molecule has 0 bridgehead atoms. The molecule has 0 aliphatic heterocycles. The Morgan fingerprint density at radius 3 is 2.75 bits per heavy atom. The molecule has 0 aliphatic rings. The fraction of sp³-hybridized carbons (Fsp3) is 0.214. The Kier molecular flexibility index (Phi) is 4.20. The first-order valence-corrected chi connectivity index (χ1v) is 6.32. The van der Waals surface area contributed by atoms with Gasteiger partial charge in [-0.2, -0.15) is 5.10 Å². The third-order valence-electron chi connectivity index (χ3n) is 2.80. The van der Waals surface area contributed by atoms with E-state index < -0.39 is 5.24 Å². The van der Waals surface area contributed by atoms with Crippen molar-refractivity contribution in [1.82, 2.24) is 9.78 Å². The average Bonchev–Trinajstić information content (AvgIpc) is 2.41. The first-order valence-electron chi connectivity index (χ1n) is 5.94. The molecule has 0 unspecified atom stereocenters. The summed E-state index contributed by atoms with van der Waals surface area (Å²) in [6.45, 7) is 1.76. The Labute approximate surface area is 120 Å². The lowest BCUT2D eigenvalue weighted by atomic mass is 10.2. The lowest BCUT2D eigenvalue weighted by Crippen LogP contribution is -2.20. The fourth-order valence-electron chi connectivity index (χ4n) is 1.89. The molecule has 2 aromatic rings. The van der Waals surface area contributed by atoms with Gasteiger partial charge in [0.25, 0.3) is 0 Å². The van der Waals surface area contributed by atoms with Crippen molar-refractivity contribution in [2.24, 2.45) is 0 Å². The number of carbonyl (C=O) groups is 1. The highest BCUT2D eigenvalue weighted by Gasteiger charge is 2.12. The van der Waals surface area contributed by atoms with Gasteiger partial charge < -0.3 is 4.74 Å². The normalized spacial score (nSPS) is 10.3. The van der Waals surface area contributed by atoms with E-state index in [1.54, 1.807) is 24.8 Å². The number of ether oxygens (including phenoxy) is 1. The largest absolute Gasteiger partial charge is 0.494 e. The van der Waals surface area contributed by atoms with E-state index in [0.29, 0.717) is 17.1 Å². The molecular formula is C14H13ClN2O3. The summed E-state index contributed by atoms with van der Waals surface area (Å²) in [5.41, 5.74) is 1.14. The number of nitrogens with zero attached hydrogens (tertiary/aromatic N) is 2. The molecule has 104 valence electrons. The minimum absolute atomic E-state index is 0.113. The molecule has 0 aliphatic carbocycles. The topological polar surface area (TPSA) is 61.2 Å². The molecule has 6 heteroatoms. The highest BCUT2D eigenvalue weighted by Crippen LogP contribution is 2.22. The van der Waals surface area contributed by atoms with Gasteiger partial charge in [0, 0.05) is 11.8 Å². The van der Waals surface area contributed by atoms with E-state index in [9.17, 15) is 9.59 Å². The number of halogens is 1. The molecule has 2 rings (SSSR count). The number of benzene rings is 1. The van der Waals surface area contributed by atoms with E-state index in [1.807, 2.05) is 18.2 Å². The summed E-state index contributed by atoms with van der Waals surface area (Å²) in [7, 11) is 1.56. The number of methoxy groups -OCH3 is 1. The average molecular weight is 293 g/mol. The smallest absolute Gasteiger partial charge is 0.227 e. The Bertz CT molecular complexity index is 710. The minimum atomic E-state index is -0.620. The molecule has 0 saturated heterocycles. The quantitative estimate of drug-likeness (QED) is 0.807. The second-order valence-electron chi connectivity index (χ2n) is 4.21. The van der Waals surface area contributed by atoms with Crippen molar-refractivity contribution in [3.8, 4) is 11.4 Å². The molecule has 1 heterocycles. The van der Waals surface area contributed by atoms with Crippen LogP contribution >= 0.6 is 11.6 Å². The van der Waals surface area contributed by atoms with E-state index in [0.717, 1.165) is 0 Å². The van der Waals surface area contributed by atoms with Crippen LogP contribution in [-0.4, -0.2) is 22.1 Å². The van der Waals surface area contributed by atoms with Crippen LogP contribution in [0, 0.1) is 6.92 Å². The van der Waals surface area contributed by atoms with Crippen molar-refractivity contribution in [2.45, 2.75) is 13.3 Å². The third-order valence-corrected chi connectivity index (χ3v) is 2.93. The van der Waals surface area contributed by atoms with E-state index in [4.69, 9.17) is 16.3 Å². The summed E-state index contributed by atoms with van der Waals surface area (Å²) in [4.78, 5) is 22.8. The Balaban J connectivity index is 2.62. The summed E-state index contributed by atoms with van der Waals surface area (Å²) in [5, 5.41) is 3.59. The third kappa shape index (κ3) is 2.88. The van der Waals surface area contributed by atoms with Crippen LogP contribution < -0.4 is 10.2 Å². The number of aryl methyl sites for hydroxylation is 1. The number of para-hydroxylation sites is 2. The first-order chi connectivity index (χ1) is 9.52. The number of carbonyl (C=O) groups excluding carboxylic acids is 1. The van der Waals surface area contributed by atoms with E-state index in [2.05, 4.69) is 5.10 Å². The lowest BCUT2D eigenvalue weighted by Gasteiger charge is -2.13. The lowest BCUT2D eigenvalue weighted by molar-refractivity contribution is -0.111. The molecule has 0 amide bonds. The molecular weight excluding hydrogens is 280 g/mol. The van der Waals surface area contributed by atoms with Gasteiger partial charge in [0.15, 0.2) is 0 Å². The van der Waals surface area contributed by atoms with Gasteiger partial charge in [-0.1, -0.05) is 12.1 Å². The van der Waals surface area contributed by atoms with Gasteiger partial charge in [-0.15, -0.1) is 0 Å². The fourth-order valence-corrected chi connectivity index (χ4v) is 2.01. The first kappa shape index (κ1) is 14.3. The highest BCUT2D eigenvalue weighted by atomic mass is 35.5. The molecule has 0 fully saturated rings. The maximum Gasteiger partial charge on any atom is 0.227 e. The van der Waals surface area contributed by atoms with Crippen molar-refractivity contribution in [1.29, 1.82) is 0 Å². The van der Waals surface area contributed by atoms with Crippen molar-refractivity contribution in [3.05, 3.63) is 51.9 Å². The molecule has 1 aromatic carbocycles. The Morgan fingerprint density at radius 1 is 1.40 bits per heavy atom. The Morgan fingerprint density at radius 2 is 2.10 bits per heavy atom. The van der Waals surface area contributed by atoms with Crippen LogP contribution in [0.15, 0.2) is 35.1 Å². The standard InChI is InChI=1S/C14H13ClN2O3/c1-9-7-12(18)10(8-14(15)19)16-17(9)11-5-3-4-6-13(11)20-2/h3-7H,8H2,1-2H3. The van der Waals surface area contributed by atoms with Crippen molar-refractivity contribution in [3.63, 3.8) is 0 Å². The maximum absolute atomic E-state index is 11.8. The minimum Gasteiger partial charge on any atom is -0.494 e. The van der Waals surface area contributed by atoms with Crippen molar-refractivity contribution in [2.75, 3.05) is 7.11 Å². The summed E-state index contributed by atoms with van der Waals surface area (Å²) in [5.74, 6) is 0.620. The highest BCUT2D eigenvalue weighted by molar-refractivity contribution is 6.63. The van der Waals surface area contributed by atoms with Gasteiger partial charge in [-0.05, 0) is 30.7 Å². The van der Waals surface area contributed by atoms with Gasteiger partial charge in [0.1, 0.15) is 17.1 Å². The molecule has 0 radical (unpaired) electrons. The summed E-state index contributed by atoms with van der Waals surface area (Å²) < 4.78 is 6.84. The number of hydrogen-bond donors (Lipinski definition) is 0. The van der Waals surface area contributed by atoms with E-state index in [-0.39, 0.29) is 17.5 Å².